The highest BCUT2D eigenvalue weighted by atomic mass is 32.1. The Balaban J connectivity index is 1.66. The number of carbonyl (C=O) groups is 3. The van der Waals surface area contributed by atoms with Crippen molar-refractivity contribution < 1.29 is 33.4 Å². The number of rotatable bonds is 7. The van der Waals surface area contributed by atoms with Crippen LogP contribution in [0.15, 0.2) is 84.4 Å². The van der Waals surface area contributed by atoms with Gasteiger partial charge in [-0.25, -0.2) is 14.2 Å². The van der Waals surface area contributed by atoms with Crippen molar-refractivity contribution in [3.05, 3.63) is 112 Å². The van der Waals surface area contributed by atoms with E-state index in [9.17, 15) is 23.9 Å². The molecule has 1 aromatic heterocycles. The molecule has 1 atom stereocenters. The molecule has 0 aliphatic carbocycles. The van der Waals surface area contributed by atoms with Gasteiger partial charge in [-0.05, 0) is 67.9 Å². The summed E-state index contributed by atoms with van der Waals surface area (Å²) in [7, 11) is 0. The van der Waals surface area contributed by atoms with E-state index in [4.69, 9.17) is 9.47 Å². The molecule has 10 heteroatoms. The van der Waals surface area contributed by atoms with Gasteiger partial charge in [0.2, 0.25) is 0 Å². The average molecular weight is 559 g/mol. The second kappa shape index (κ2) is 11.1. The van der Waals surface area contributed by atoms with Crippen LogP contribution in [0.5, 0.6) is 11.5 Å². The molecule has 0 radical (unpaired) electrons. The average Bonchev–Trinajstić information content (AvgIpc) is 3.46. The minimum absolute atomic E-state index is 0.0835. The normalized spacial score (nSPS) is 16.3. The van der Waals surface area contributed by atoms with Crippen LogP contribution in [0, 0.1) is 12.7 Å². The van der Waals surface area contributed by atoms with E-state index in [-0.39, 0.29) is 27.8 Å². The lowest BCUT2D eigenvalue weighted by Gasteiger charge is -2.23. The van der Waals surface area contributed by atoms with Crippen LogP contribution in [0.1, 0.15) is 39.5 Å². The molecule has 0 spiro atoms. The number of aromatic nitrogens is 1. The predicted molar refractivity (Wildman–Crippen MR) is 147 cm³/mol. The van der Waals surface area contributed by atoms with E-state index in [1.807, 2.05) is 18.2 Å². The minimum Gasteiger partial charge on any atom is -0.507 e. The van der Waals surface area contributed by atoms with Crippen molar-refractivity contribution in [3.8, 4) is 11.5 Å². The number of anilines is 1. The SMILES string of the molecule is CCOC(=O)c1sc(N2C(=O)C(=O)/C(=C(/O)c3ccc(F)cc3)C2c2cccc(Oc3ccccc3)c2)nc1C. The van der Waals surface area contributed by atoms with E-state index in [0.29, 0.717) is 22.8 Å². The lowest BCUT2D eigenvalue weighted by Crippen LogP contribution is -2.29. The Morgan fingerprint density at radius 2 is 1.73 bits per heavy atom. The number of aliphatic hydroxyl groups excluding tert-OH is 1. The zero-order valence-corrected chi connectivity index (χ0v) is 22.3. The van der Waals surface area contributed by atoms with Crippen LogP contribution in [-0.4, -0.2) is 34.4 Å². The maximum atomic E-state index is 13.6. The predicted octanol–water partition coefficient (Wildman–Crippen LogP) is 6.19. The number of Topliss-reactive ketones (excluding diaryl/α,β-unsaturated/α-hetero) is 1. The van der Waals surface area contributed by atoms with Gasteiger partial charge in [0.05, 0.1) is 23.9 Å². The monoisotopic (exact) mass is 558 g/mol. The molecule has 202 valence electrons. The Bertz CT molecular complexity index is 1630. The van der Waals surface area contributed by atoms with Crippen LogP contribution in [0.25, 0.3) is 5.76 Å². The second-order valence-corrected chi connectivity index (χ2v) is 9.77. The number of amides is 1. The quantitative estimate of drug-likeness (QED) is 0.125. The van der Waals surface area contributed by atoms with Gasteiger partial charge in [0.15, 0.2) is 5.13 Å². The van der Waals surface area contributed by atoms with Crippen LogP contribution < -0.4 is 9.64 Å². The topological polar surface area (TPSA) is 106 Å². The number of aliphatic hydroxyl groups is 1. The van der Waals surface area contributed by atoms with E-state index in [1.54, 1.807) is 50.2 Å². The maximum Gasteiger partial charge on any atom is 0.350 e. The number of para-hydroxylation sites is 1. The van der Waals surface area contributed by atoms with Gasteiger partial charge in [-0.2, -0.15) is 0 Å². The van der Waals surface area contributed by atoms with Crippen molar-refractivity contribution in [2.75, 3.05) is 11.5 Å². The van der Waals surface area contributed by atoms with E-state index < -0.39 is 35.3 Å². The standard InChI is InChI=1S/C30H23FN2O6S/c1-3-38-29(37)27-17(2)32-30(40-27)33-24(19-8-7-11-22(16-19)39-21-9-5-4-6-10-21)23(26(35)28(33)36)25(34)18-12-14-20(31)15-13-18/h4-16,24,34H,3H2,1-2H3/b25-23+. The molecule has 1 amide bonds. The first-order chi connectivity index (χ1) is 19.3. The number of ether oxygens (including phenoxy) is 2. The third kappa shape index (κ3) is 5.08. The Morgan fingerprint density at radius 3 is 2.42 bits per heavy atom. The van der Waals surface area contributed by atoms with Gasteiger partial charge in [-0.1, -0.05) is 41.7 Å². The molecular weight excluding hydrogens is 535 g/mol. The highest BCUT2D eigenvalue weighted by molar-refractivity contribution is 7.17. The second-order valence-electron chi connectivity index (χ2n) is 8.80. The summed E-state index contributed by atoms with van der Waals surface area (Å²) in [5.74, 6) is -2.48. The molecule has 1 aliphatic rings. The smallest absolute Gasteiger partial charge is 0.350 e. The van der Waals surface area contributed by atoms with E-state index in [0.717, 1.165) is 28.4 Å². The number of halogens is 1. The molecule has 0 saturated carbocycles. The number of hydrogen-bond acceptors (Lipinski definition) is 8. The lowest BCUT2D eigenvalue weighted by molar-refractivity contribution is -0.132. The number of thiazole rings is 1. The van der Waals surface area contributed by atoms with Crippen molar-refractivity contribution >= 4 is 39.9 Å². The lowest BCUT2D eigenvalue weighted by atomic mass is 9.95. The highest BCUT2D eigenvalue weighted by Gasteiger charge is 2.48. The summed E-state index contributed by atoms with van der Waals surface area (Å²) < 4.78 is 24.7. The summed E-state index contributed by atoms with van der Waals surface area (Å²) in [6, 6.07) is 19.6. The van der Waals surface area contributed by atoms with Gasteiger partial charge in [-0.3, -0.25) is 14.5 Å². The maximum absolute atomic E-state index is 13.6. The first-order valence-corrected chi connectivity index (χ1v) is 13.1. The zero-order valence-electron chi connectivity index (χ0n) is 21.5. The third-order valence-corrected chi connectivity index (χ3v) is 7.30. The molecular formula is C30H23FN2O6S. The van der Waals surface area contributed by atoms with E-state index in [1.165, 1.54) is 12.1 Å². The van der Waals surface area contributed by atoms with Crippen molar-refractivity contribution in [2.45, 2.75) is 19.9 Å². The summed E-state index contributed by atoms with van der Waals surface area (Å²) >= 11 is 0.910. The van der Waals surface area contributed by atoms with Crippen molar-refractivity contribution in [1.82, 2.24) is 4.98 Å². The number of nitrogens with zero attached hydrogens (tertiary/aromatic N) is 2. The fourth-order valence-electron chi connectivity index (χ4n) is 4.35. The third-order valence-electron chi connectivity index (χ3n) is 6.17. The molecule has 1 N–H and O–H groups in total. The minimum atomic E-state index is -1.12. The summed E-state index contributed by atoms with van der Waals surface area (Å²) in [6.07, 6.45) is 0. The molecule has 8 nitrogen and oxygen atoms in total. The summed E-state index contributed by atoms with van der Waals surface area (Å²) in [5, 5.41) is 11.3. The molecule has 5 rings (SSSR count). The van der Waals surface area contributed by atoms with E-state index in [2.05, 4.69) is 4.98 Å². The summed E-state index contributed by atoms with van der Waals surface area (Å²) in [5.41, 5.74) is 0.725. The molecule has 40 heavy (non-hydrogen) atoms. The first kappa shape index (κ1) is 26.8. The Kier molecular flexibility index (Phi) is 7.43. The Labute approximate surface area is 232 Å². The summed E-state index contributed by atoms with van der Waals surface area (Å²) in [6.45, 7) is 3.43. The van der Waals surface area contributed by atoms with Crippen molar-refractivity contribution in [2.24, 2.45) is 0 Å². The van der Waals surface area contributed by atoms with Crippen LogP contribution in [0.4, 0.5) is 9.52 Å². The number of carbonyl (C=O) groups excluding carboxylic acids is 3. The number of ketones is 1. The fraction of sp³-hybridized carbons (Fsp3) is 0.133. The zero-order chi connectivity index (χ0) is 28.4. The molecule has 0 bridgehead atoms. The van der Waals surface area contributed by atoms with Crippen LogP contribution in [0.3, 0.4) is 0 Å². The van der Waals surface area contributed by atoms with Gasteiger partial charge in [0.25, 0.3) is 5.78 Å². The Morgan fingerprint density at radius 1 is 1.02 bits per heavy atom. The highest BCUT2D eigenvalue weighted by Crippen LogP contribution is 2.44. The summed E-state index contributed by atoms with van der Waals surface area (Å²) in [4.78, 5) is 45.1. The number of esters is 1. The number of aryl methyl sites for hydroxylation is 1. The molecule has 2 heterocycles. The molecule has 1 aliphatic heterocycles. The van der Waals surface area contributed by atoms with Crippen molar-refractivity contribution in [1.29, 1.82) is 0 Å². The van der Waals surface area contributed by atoms with Crippen LogP contribution in [-0.2, 0) is 14.3 Å². The van der Waals surface area contributed by atoms with Crippen molar-refractivity contribution in [3.63, 3.8) is 0 Å². The first-order valence-electron chi connectivity index (χ1n) is 12.3. The van der Waals surface area contributed by atoms with Gasteiger partial charge < -0.3 is 14.6 Å². The molecule has 1 fully saturated rings. The fourth-order valence-corrected chi connectivity index (χ4v) is 5.34. The molecule has 3 aromatic carbocycles. The number of benzene rings is 3. The van der Waals surface area contributed by atoms with Gasteiger partial charge in [0, 0.05) is 5.56 Å². The molecule has 1 saturated heterocycles. The van der Waals surface area contributed by atoms with Crippen LogP contribution in [0.2, 0.25) is 0 Å². The molecule has 1 unspecified atom stereocenters. The van der Waals surface area contributed by atoms with Gasteiger partial charge >= 0.3 is 11.9 Å². The molecule has 4 aromatic rings. The Hall–Kier alpha value is -4.83. The largest absolute Gasteiger partial charge is 0.507 e. The van der Waals surface area contributed by atoms with Crippen LogP contribution >= 0.6 is 11.3 Å². The van der Waals surface area contributed by atoms with E-state index >= 15 is 0 Å². The van der Waals surface area contributed by atoms with Gasteiger partial charge in [-0.15, -0.1) is 0 Å². The number of hydrogen-bond donors (Lipinski definition) is 1. The van der Waals surface area contributed by atoms with Gasteiger partial charge in [0.1, 0.15) is 28.0 Å².